The topological polar surface area (TPSA) is 48.8 Å². The molecular formula is C40H41FN4O2. The number of amides is 2. The number of benzene rings is 4. The molecule has 0 aliphatic carbocycles. The molecule has 4 aromatic carbocycles. The van der Waals surface area contributed by atoms with Gasteiger partial charge in [0.1, 0.15) is 11.9 Å². The largest absolute Gasteiger partial charge is 0.366 e. The SMILES string of the molecule is CCC(C)C(C(=O)N1CCN(c2ccccc2F)CC1)N1C(=O)c2ccccc2C1c1c(-c2ccc(C)cc2)n(C)c2ccccc12. The fourth-order valence-corrected chi connectivity index (χ4v) is 7.60. The van der Waals surface area contributed by atoms with E-state index in [9.17, 15) is 14.0 Å². The molecule has 0 N–H and O–H groups in total. The van der Waals surface area contributed by atoms with Crippen molar-refractivity contribution < 1.29 is 14.0 Å². The number of para-hydroxylation sites is 2. The molecule has 0 saturated carbocycles. The minimum absolute atomic E-state index is 0.0455. The predicted molar refractivity (Wildman–Crippen MR) is 186 cm³/mol. The van der Waals surface area contributed by atoms with Crippen LogP contribution in [0.25, 0.3) is 22.2 Å². The van der Waals surface area contributed by atoms with E-state index in [1.807, 2.05) is 57.2 Å². The smallest absolute Gasteiger partial charge is 0.255 e. The Balaban J connectivity index is 1.34. The van der Waals surface area contributed by atoms with E-state index in [4.69, 9.17) is 0 Å². The zero-order chi connectivity index (χ0) is 32.8. The predicted octanol–water partition coefficient (Wildman–Crippen LogP) is 7.60. The van der Waals surface area contributed by atoms with E-state index in [1.165, 1.54) is 11.6 Å². The van der Waals surface area contributed by atoms with Gasteiger partial charge in [0.05, 0.1) is 17.4 Å². The van der Waals surface area contributed by atoms with Gasteiger partial charge >= 0.3 is 0 Å². The number of rotatable bonds is 7. The lowest BCUT2D eigenvalue weighted by Gasteiger charge is -2.42. The molecule has 5 aromatic rings. The molecule has 3 atom stereocenters. The molecule has 7 heteroatoms. The highest BCUT2D eigenvalue weighted by Crippen LogP contribution is 2.48. The van der Waals surface area contributed by atoms with Crippen molar-refractivity contribution in [2.24, 2.45) is 13.0 Å². The molecule has 3 unspecified atom stereocenters. The first kappa shape index (κ1) is 30.7. The molecule has 2 amide bonds. The number of hydrogen-bond acceptors (Lipinski definition) is 3. The average molecular weight is 629 g/mol. The number of fused-ring (bicyclic) bond motifs is 2. The maximum atomic E-state index is 14.8. The Kier molecular flexibility index (Phi) is 8.08. The van der Waals surface area contributed by atoms with Crippen LogP contribution >= 0.6 is 0 Å². The maximum absolute atomic E-state index is 14.8. The van der Waals surface area contributed by atoms with Gasteiger partial charge in [0.25, 0.3) is 5.91 Å². The monoisotopic (exact) mass is 628 g/mol. The van der Waals surface area contributed by atoms with Gasteiger partial charge in [-0.05, 0) is 48.2 Å². The van der Waals surface area contributed by atoms with Crippen molar-refractivity contribution >= 4 is 28.4 Å². The Hall–Kier alpha value is -4.91. The van der Waals surface area contributed by atoms with E-state index in [-0.39, 0.29) is 23.5 Å². The lowest BCUT2D eigenvalue weighted by molar-refractivity contribution is -0.138. The second kappa shape index (κ2) is 12.4. The van der Waals surface area contributed by atoms with Crippen molar-refractivity contribution in [2.45, 2.75) is 39.3 Å². The van der Waals surface area contributed by atoms with Gasteiger partial charge in [-0.25, -0.2) is 4.39 Å². The van der Waals surface area contributed by atoms with Crippen LogP contribution < -0.4 is 4.90 Å². The summed E-state index contributed by atoms with van der Waals surface area (Å²) in [7, 11) is 2.08. The van der Waals surface area contributed by atoms with Gasteiger partial charge in [0, 0.05) is 55.3 Å². The zero-order valence-corrected chi connectivity index (χ0v) is 27.5. The zero-order valence-electron chi connectivity index (χ0n) is 27.5. The van der Waals surface area contributed by atoms with Gasteiger partial charge in [-0.1, -0.05) is 98.6 Å². The van der Waals surface area contributed by atoms with Gasteiger partial charge in [0.2, 0.25) is 5.91 Å². The molecule has 0 radical (unpaired) electrons. The Morgan fingerprint density at radius 1 is 0.872 bits per heavy atom. The quantitative estimate of drug-likeness (QED) is 0.187. The van der Waals surface area contributed by atoms with Gasteiger partial charge in [-0.3, -0.25) is 9.59 Å². The lowest BCUT2D eigenvalue weighted by atomic mass is 9.90. The molecule has 0 spiro atoms. The van der Waals surface area contributed by atoms with Crippen LogP contribution in [-0.2, 0) is 11.8 Å². The molecule has 47 heavy (non-hydrogen) atoms. The number of hydrogen-bond donors (Lipinski definition) is 0. The van der Waals surface area contributed by atoms with E-state index in [0.717, 1.165) is 39.7 Å². The molecule has 7 rings (SSSR count). The van der Waals surface area contributed by atoms with Gasteiger partial charge < -0.3 is 19.3 Å². The van der Waals surface area contributed by atoms with Crippen molar-refractivity contribution in [2.75, 3.05) is 31.1 Å². The fraction of sp³-hybridized carbons (Fsp3) is 0.300. The summed E-state index contributed by atoms with van der Waals surface area (Å²) in [5, 5.41) is 1.07. The Bertz CT molecular complexity index is 1960. The molecule has 3 heterocycles. The summed E-state index contributed by atoms with van der Waals surface area (Å²) < 4.78 is 16.8. The van der Waals surface area contributed by atoms with E-state index < -0.39 is 12.1 Å². The normalized spacial score (nSPS) is 17.7. The summed E-state index contributed by atoms with van der Waals surface area (Å²) >= 11 is 0. The Morgan fingerprint density at radius 3 is 2.26 bits per heavy atom. The van der Waals surface area contributed by atoms with Crippen LogP contribution in [0.2, 0.25) is 0 Å². The van der Waals surface area contributed by atoms with Gasteiger partial charge in [0.15, 0.2) is 0 Å². The van der Waals surface area contributed by atoms with Crippen molar-refractivity contribution in [1.29, 1.82) is 0 Å². The van der Waals surface area contributed by atoms with Gasteiger partial charge in [-0.2, -0.15) is 0 Å². The number of anilines is 1. The van der Waals surface area contributed by atoms with Crippen LogP contribution in [0.1, 0.15) is 53.4 Å². The van der Waals surface area contributed by atoms with Crippen molar-refractivity contribution in [3.05, 3.63) is 125 Å². The third kappa shape index (κ3) is 5.18. The van der Waals surface area contributed by atoms with Crippen molar-refractivity contribution in [3.63, 3.8) is 0 Å². The minimum Gasteiger partial charge on any atom is -0.366 e. The summed E-state index contributed by atoms with van der Waals surface area (Å²) in [5.74, 6) is -0.508. The first-order valence-electron chi connectivity index (χ1n) is 16.6. The molecule has 2 aliphatic heterocycles. The fourth-order valence-electron chi connectivity index (χ4n) is 7.60. The van der Waals surface area contributed by atoms with Crippen LogP contribution in [0, 0.1) is 18.7 Å². The van der Waals surface area contributed by atoms with E-state index >= 15 is 0 Å². The molecule has 0 bridgehead atoms. The number of aryl methyl sites for hydroxylation is 2. The van der Waals surface area contributed by atoms with Crippen LogP contribution in [-0.4, -0.2) is 58.4 Å². The lowest BCUT2D eigenvalue weighted by Crippen LogP contribution is -2.57. The third-order valence-electron chi connectivity index (χ3n) is 10.3. The number of aromatic nitrogens is 1. The van der Waals surface area contributed by atoms with Crippen LogP contribution in [0.5, 0.6) is 0 Å². The summed E-state index contributed by atoms with van der Waals surface area (Å²) in [6, 6.07) is 30.4. The average Bonchev–Trinajstić information content (AvgIpc) is 3.55. The number of piperazine rings is 1. The summed E-state index contributed by atoms with van der Waals surface area (Å²) in [6.07, 6.45) is 0.735. The van der Waals surface area contributed by atoms with E-state index in [0.29, 0.717) is 37.4 Å². The van der Waals surface area contributed by atoms with E-state index in [2.05, 4.69) is 68.8 Å². The Morgan fingerprint density at radius 2 is 1.53 bits per heavy atom. The van der Waals surface area contributed by atoms with Crippen molar-refractivity contribution in [3.8, 4) is 11.3 Å². The number of carbonyl (C=O) groups is 2. The number of carbonyl (C=O) groups excluding carboxylic acids is 2. The summed E-state index contributed by atoms with van der Waals surface area (Å²) in [4.78, 5) is 35.2. The highest BCUT2D eigenvalue weighted by atomic mass is 19.1. The minimum atomic E-state index is -0.672. The molecule has 2 aliphatic rings. The summed E-state index contributed by atoms with van der Waals surface area (Å²) in [6.45, 7) is 8.22. The van der Waals surface area contributed by atoms with E-state index in [1.54, 1.807) is 12.1 Å². The second-order valence-corrected chi connectivity index (χ2v) is 13.0. The number of halogens is 1. The first-order chi connectivity index (χ1) is 22.8. The standard InChI is InChI=1S/C40H41FN4O2/c1-5-27(3)36(40(47)44-24-22-43(23-25-44)34-17-11-9-15-32(34)41)45-38(29-12-6-7-13-30(29)39(45)46)35-31-14-8-10-16-33(31)42(4)37(35)28-20-18-26(2)19-21-28/h6-21,27,36,38H,5,22-25H2,1-4H3. The van der Waals surface area contributed by atoms with Crippen LogP contribution in [0.3, 0.4) is 0 Å². The second-order valence-electron chi connectivity index (χ2n) is 13.0. The maximum Gasteiger partial charge on any atom is 0.255 e. The molecule has 6 nitrogen and oxygen atoms in total. The highest BCUT2D eigenvalue weighted by molar-refractivity contribution is 6.04. The molecule has 1 aromatic heterocycles. The summed E-state index contributed by atoms with van der Waals surface area (Å²) in [5.41, 5.74) is 7.52. The molecule has 1 saturated heterocycles. The highest BCUT2D eigenvalue weighted by Gasteiger charge is 2.48. The molecule has 1 fully saturated rings. The molecule has 240 valence electrons. The van der Waals surface area contributed by atoms with Crippen LogP contribution in [0.4, 0.5) is 10.1 Å². The van der Waals surface area contributed by atoms with Gasteiger partial charge in [-0.15, -0.1) is 0 Å². The van der Waals surface area contributed by atoms with Crippen LogP contribution in [0.15, 0.2) is 97.1 Å². The third-order valence-corrected chi connectivity index (χ3v) is 10.3. The molecular weight excluding hydrogens is 587 g/mol. The van der Waals surface area contributed by atoms with Crippen molar-refractivity contribution in [1.82, 2.24) is 14.4 Å². The number of nitrogens with zero attached hydrogens (tertiary/aromatic N) is 4. The first-order valence-corrected chi connectivity index (χ1v) is 16.6. The Labute approximate surface area is 276 Å².